The lowest BCUT2D eigenvalue weighted by molar-refractivity contribution is -0.152. The number of carbonyl (C=O) groups is 6. The number of carbonyl (C=O) groups excluding carboxylic acids is 6. The molecule has 0 radical (unpaired) electrons. The Balaban J connectivity index is 0.000000161. The molecule has 0 N–H and O–H groups in total. The molecule has 0 spiro atoms. The summed E-state index contributed by atoms with van der Waals surface area (Å²) >= 11 is 0. The number of hydrogen-bond donors (Lipinski definition) is 0. The molecule has 7 rings (SSSR count). The van der Waals surface area contributed by atoms with Crippen LogP contribution in [-0.2, 0) is 43.0 Å². The molecule has 292 valence electrons. The van der Waals surface area contributed by atoms with Gasteiger partial charge in [-0.05, 0) is 89.6 Å². The summed E-state index contributed by atoms with van der Waals surface area (Å²) in [6, 6.07) is 18.2. The lowest BCUT2D eigenvalue weighted by Crippen LogP contribution is -2.27. The van der Waals surface area contributed by atoms with Crippen molar-refractivity contribution in [2.45, 2.75) is 49.9 Å². The summed E-state index contributed by atoms with van der Waals surface area (Å²) in [5, 5.41) is 0. The Labute approximate surface area is 320 Å². The van der Waals surface area contributed by atoms with Crippen LogP contribution in [0.3, 0.4) is 0 Å². The molecule has 0 unspecified atom stereocenters. The zero-order valence-corrected chi connectivity index (χ0v) is 30.8. The van der Waals surface area contributed by atoms with Gasteiger partial charge in [0.15, 0.2) is 11.6 Å². The van der Waals surface area contributed by atoms with E-state index < -0.39 is 52.0 Å². The van der Waals surface area contributed by atoms with Crippen LogP contribution in [0.15, 0.2) is 85.5 Å². The van der Waals surface area contributed by atoms with Crippen LogP contribution in [0.4, 0.5) is 13.2 Å². The Morgan fingerprint density at radius 3 is 1.57 bits per heavy atom. The van der Waals surface area contributed by atoms with Crippen molar-refractivity contribution in [2.75, 3.05) is 21.3 Å². The maximum Gasteiger partial charge on any atom is 0.441 e. The Hall–Kier alpha value is -6.01. The number of fused-ring (bicyclic) bond motifs is 2. The van der Waals surface area contributed by atoms with Crippen LogP contribution < -0.4 is 0 Å². The Bertz CT molecular complexity index is 2050. The summed E-state index contributed by atoms with van der Waals surface area (Å²) in [5.74, 6) is -4.42. The van der Waals surface area contributed by atoms with E-state index in [9.17, 15) is 41.9 Å². The van der Waals surface area contributed by atoms with Crippen molar-refractivity contribution < 1.29 is 60.9 Å². The van der Waals surface area contributed by atoms with Crippen molar-refractivity contribution in [3.8, 4) is 0 Å². The molecule has 3 aromatic rings. The molecular weight excluding hydrogens is 733 g/mol. The van der Waals surface area contributed by atoms with E-state index in [-0.39, 0.29) is 53.3 Å². The number of ketones is 3. The number of rotatable bonds is 10. The minimum Gasteiger partial charge on any atom is -0.468 e. The normalized spacial score (nSPS) is 25.2. The summed E-state index contributed by atoms with van der Waals surface area (Å²) in [5.41, 5.74) is 8.27. The number of Topliss-reactive ketones (excluding diaryl/α,β-unsaturated/α-hetero) is 3. The molecule has 14 heteroatoms. The van der Waals surface area contributed by atoms with Crippen LogP contribution >= 0.6 is 0 Å². The third-order valence-electron chi connectivity index (χ3n) is 11.2. The van der Waals surface area contributed by atoms with Gasteiger partial charge in [0, 0.05) is 25.2 Å². The highest BCUT2D eigenvalue weighted by molar-refractivity contribution is 6.62. The molecule has 7 atom stereocenters. The molecule has 56 heavy (non-hydrogen) atoms. The minimum absolute atomic E-state index is 0.0146. The van der Waals surface area contributed by atoms with E-state index in [0.717, 1.165) is 18.2 Å². The standard InChI is InChI=1S/C14H13FN2O3.2C14H13FO3/c1-3-9(10-5-4-6-11(15)7-10)8-12(18)13(17-16)14(19)20-2;2*1-18-13(17)14-7-11(14)10(6-12(14)16)8-3-2-4-9(15)5-8/h3-7,9H,1,8H2,2H3;2*2-5,10-11H,6-7H2,1H3/t9-;10-,11+,14-;10-,11-,14+/m111/s1. The monoisotopic (exact) mass is 772 g/mol. The van der Waals surface area contributed by atoms with E-state index in [1.54, 1.807) is 18.2 Å². The average Bonchev–Trinajstić information content (AvgIpc) is 4.09. The molecular formula is C42H39F3N2O9. The van der Waals surface area contributed by atoms with E-state index in [1.807, 2.05) is 12.1 Å². The van der Waals surface area contributed by atoms with Gasteiger partial charge in [0.25, 0.3) is 5.78 Å². The molecule has 0 amide bonds. The second-order valence-corrected chi connectivity index (χ2v) is 14.1. The van der Waals surface area contributed by atoms with Gasteiger partial charge in [0.05, 0.1) is 21.3 Å². The van der Waals surface area contributed by atoms with Crippen molar-refractivity contribution in [2.24, 2.45) is 22.7 Å². The van der Waals surface area contributed by atoms with Crippen molar-refractivity contribution in [3.05, 3.63) is 125 Å². The van der Waals surface area contributed by atoms with E-state index >= 15 is 0 Å². The first-order valence-corrected chi connectivity index (χ1v) is 17.7. The first kappa shape index (κ1) is 41.2. The quantitative estimate of drug-likeness (QED) is 0.0456. The van der Waals surface area contributed by atoms with Crippen molar-refractivity contribution in [1.82, 2.24) is 0 Å². The third kappa shape index (κ3) is 7.88. The average molecular weight is 773 g/mol. The smallest absolute Gasteiger partial charge is 0.441 e. The molecule has 0 heterocycles. The van der Waals surface area contributed by atoms with E-state index in [2.05, 4.69) is 16.1 Å². The first-order chi connectivity index (χ1) is 26.7. The lowest BCUT2D eigenvalue weighted by Gasteiger charge is -2.10. The van der Waals surface area contributed by atoms with E-state index in [0.29, 0.717) is 31.2 Å². The molecule has 4 aliphatic carbocycles. The highest BCUT2D eigenvalue weighted by atomic mass is 19.1. The number of benzene rings is 3. The molecule has 11 nitrogen and oxygen atoms in total. The van der Waals surface area contributed by atoms with Crippen molar-refractivity contribution in [3.63, 3.8) is 0 Å². The molecule has 0 saturated heterocycles. The van der Waals surface area contributed by atoms with E-state index in [4.69, 9.17) is 15.0 Å². The number of hydrogen-bond acceptors (Lipinski definition) is 9. The van der Waals surface area contributed by atoms with Gasteiger partial charge in [-0.1, -0.05) is 42.5 Å². The molecule has 0 bridgehead atoms. The number of nitrogens with zero attached hydrogens (tertiary/aromatic N) is 2. The molecule has 0 aliphatic heterocycles. The molecule has 0 aromatic heterocycles. The fraction of sp³-hybridized carbons (Fsp3) is 0.357. The van der Waals surface area contributed by atoms with Gasteiger partial charge in [-0.15, -0.1) is 6.58 Å². The Morgan fingerprint density at radius 2 is 1.21 bits per heavy atom. The van der Waals surface area contributed by atoms with Crippen LogP contribution in [0.5, 0.6) is 0 Å². The minimum atomic E-state index is -1.03. The van der Waals surface area contributed by atoms with E-state index in [1.165, 1.54) is 62.8 Å². The van der Waals surface area contributed by atoms with Crippen LogP contribution in [0.25, 0.3) is 5.53 Å². The van der Waals surface area contributed by atoms with Gasteiger partial charge in [-0.3, -0.25) is 24.0 Å². The van der Waals surface area contributed by atoms with Crippen LogP contribution in [0, 0.1) is 40.1 Å². The molecule has 4 aliphatic rings. The maximum absolute atomic E-state index is 13.2. The van der Waals surface area contributed by atoms with Gasteiger partial charge < -0.3 is 19.7 Å². The summed E-state index contributed by atoms with van der Waals surface area (Å²) in [6.07, 6.45) is 2.98. The van der Waals surface area contributed by atoms with Gasteiger partial charge in [0.2, 0.25) is 0 Å². The summed E-state index contributed by atoms with van der Waals surface area (Å²) in [7, 11) is 3.67. The van der Waals surface area contributed by atoms with Gasteiger partial charge in [-0.25, -0.2) is 18.0 Å². The maximum atomic E-state index is 13.2. The summed E-state index contributed by atoms with van der Waals surface area (Å²) < 4.78 is 53.3. The zero-order chi connectivity index (χ0) is 40.9. The van der Waals surface area contributed by atoms with Gasteiger partial charge in [0.1, 0.15) is 28.3 Å². The van der Waals surface area contributed by atoms with Crippen LogP contribution in [0.2, 0.25) is 0 Å². The topological polar surface area (TPSA) is 167 Å². The Kier molecular flexibility index (Phi) is 12.3. The van der Waals surface area contributed by atoms with Crippen molar-refractivity contribution in [1.29, 1.82) is 0 Å². The van der Waals surface area contributed by atoms with Crippen LogP contribution in [0.1, 0.15) is 66.5 Å². The predicted octanol–water partition coefficient (Wildman–Crippen LogP) is 6.02. The molecule has 3 aromatic carbocycles. The number of esters is 3. The second kappa shape index (κ2) is 16.8. The van der Waals surface area contributed by atoms with Gasteiger partial charge >= 0.3 is 23.6 Å². The van der Waals surface area contributed by atoms with Crippen molar-refractivity contribution >= 4 is 41.0 Å². The fourth-order valence-electron chi connectivity index (χ4n) is 8.15. The summed E-state index contributed by atoms with van der Waals surface area (Å²) in [6.45, 7) is 3.58. The Morgan fingerprint density at radius 1 is 0.768 bits per heavy atom. The molecule has 4 fully saturated rings. The number of methoxy groups -OCH3 is 3. The first-order valence-electron chi connectivity index (χ1n) is 17.7. The zero-order valence-electron chi connectivity index (χ0n) is 30.8. The number of ether oxygens (including phenoxy) is 3. The highest BCUT2D eigenvalue weighted by Gasteiger charge is 2.73. The second-order valence-electron chi connectivity index (χ2n) is 14.1. The highest BCUT2D eigenvalue weighted by Crippen LogP contribution is 2.68. The lowest BCUT2D eigenvalue weighted by atomic mass is 9.92. The third-order valence-corrected chi connectivity index (χ3v) is 11.2. The predicted molar refractivity (Wildman–Crippen MR) is 192 cm³/mol. The SMILES string of the molecule is C=C[C@H](CC(=O)C(=[N+]=[N-])C(=O)OC)c1cccc(F)c1.COC(=O)[C@@]12C[C@@H]1[C@@H](c1cccc(F)c1)CC2=O.COC(=O)[C@]12C[C@H]1[C@@H](c1cccc(F)c1)CC2=O. The molecule has 4 saturated carbocycles. The van der Waals surface area contributed by atoms with Gasteiger partial charge in [-0.2, -0.15) is 4.79 Å². The largest absolute Gasteiger partial charge is 0.468 e. The summed E-state index contributed by atoms with van der Waals surface area (Å²) in [4.78, 5) is 73.2. The van der Waals surface area contributed by atoms with Crippen LogP contribution in [-0.4, -0.2) is 67.1 Å². The number of halogens is 3. The number of allylic oxidation sites excluding steroid dienone is 1. The fourth-order valence-corrected chi connectivity index (χ4v) is 8.15.